The third-order valence-corrected chi connectivity index (χ3v) is 2.96. The molecule has 0 aromatic carbocycles. The first-order chi connectivity index (χ1) is 7.89. The van der Waals surface area contributed by atoms with Crippen molar-refractivity contribution in [3.8, 4) is 0 Å². The molecular weight excluding hydrogens is 218 g/mol. The van der Waals surface area contributed by atoms with Crippen LogP contribution in [-0.2, 0) is 9.47 Å². The van der Waals surface area contributed by atoms with Crippen LogP contribution >= 0.6 is 0 Å². The minimum absolute atomic E-state index is 0.0463. The van der Waals surface area contributed by atoms with Crippen molar-refractivity contribution in [2.24, 2.45) is 0 Å². The van der Waals surface area contributed by atoms with Gasteiger partial charge in [0.2, 0.25) is 0 Å². The number of aliphatic hydroxyl groups excluding tert-OH is 1. The van der Waals surface area contributed by atoms with E-state index in [9.17, 15) is 5.11 Å². The molecule has 0 aromatic rings. The van der Waals surface area contributed by atoms with Crippen LogP contribution in [0.25, 0.3) is 0 Å². The minimum atomic E-state index is -0.427. The van der Waals surface area contributed by atoms with E-state index in [1.807, 2.05) is 13.8 Å². The van der Waals surface area contributed by atoms with Crippen LogP contribution in [0.5, 0.6) is 0 Å². The van der Waals surface area contributed by atoms with Crippen LogP contribution in [0.4, 0.5) is 0 Å². The van der Waals surface area contributed by atoms with Gasteiger partial charge in [-0.2, -0.15) is 0 Å². The summed E-state index contributed by atoms with van der Waals surface area (Å²) in [5.41, 5.74) is -0.0463. The van der Waals surface area contributed by atoms with Gasteiger partial charge in [-0.15, -0.1) is 0 Å². The molecule has 0 aromatic heterocycles. The minimum Gasteiger partial charge on any atom is -0.389 e. The third kappa shape index (κ3) is 6.36. The molecule has 0 aliphatic carbocycles. The van der Waals surface area contributed by atoms with Crippen molar-refractivity contribution in [3.63, 3.8) is 0 Å². The third-order valence-electron chi connectivity index (χ3n) is 2.96. The molecule has 1 fully saturated rings. The Balaban J connectivity index is 2.17. The van der Waals surface area contributed by atoms with Crippen LogP contribution in [0, 0.1) is 0 Å². The summed E-state index contributed by atoms with van der Waals surface area (Å²) in [6.07, 6.45) is 1.75. The Labute approximate surface area is 105 Å². The Morgan fingerprint density at radius 2 is 2.18 bits per heavy atom. The van der Waals surface area contributed by atoms with Gasteiger partial charge in [0.25, 0.3) is 0 Å². The highest BCUT2D eigenvalue weighted by atomic mass is 16.5. The SMILES string of the molecule is CC(C)OCC(O)CNC1CCOC(C)(C)C1. The highest BCUT2D eigenvalue weighted by Crippen LogP contribution is 2.23. The molecule has 0 spiro atoms. The van der Waals surface area contributed by atoms with Gasteiger partial charge in [0, 0.05) is 19.2 Å². The fraction of sp³-hybridized carbons (Fsp3) is 1.00. The largest absolute Gasteiger partial charge is 0.389 e. The maximum atomic E-state index is 9.74. The van der Waals surface area contributed by atoms with Crippen molar-refractivity contribution < 1.29 is 14.6 Å². The van der Waals surface area contributed by atoms with E-state index >= 15 is 0 Å². The van der Waals surface area contributed by atoms with Gasteiger partial charge in [0.05, 0.1) is 24.4 Å². The van der Waals surface area contributed by atoms with Gasteiger partial charge in [-0.3, -0.25) is 0 Å². The number of hydrogen-bond donors (Lipinski definition) is 2. The molecule has 2 N–H and O–H groups in total. The lowest BCUT2D eigenvalue weighted by atomic mass is 9.94. The Kier molecular flexibility index (Phi) is 5.86. The van der Waals surface area contributed by atoms with Crippen LogP contribution < -0.4 is 5.32 Å². The fourth-order valence-corrected chi connectivity index (χ4v) is 2.07. The van der Waals surface area contributed by atoms with E-state index in [-0.39, 0.29) is 11.7 Å². The van der Waals surface area contributed by atoms with Crippen molar-refractivity contribution in [1.29, 1.82) is 0 Å². The molecule has 1 aliphatic heterocycles. The molecule has 2 atom stereocenters. The second kappa shape index (κ2) is 6.69. The van der Waals surface area contributed by atoms with Crippen molar-refractivity contribution in [2.75, 3.05) is 19.8 Å². The van der Waals surface area contributed by atoms with Gasteiger partial charge in [0.1, 0.15) is 0 Å². The number of nitrogens with one attached hydrogen (secondary N) is 1. The first-order valence-corrected chi connectivity index (χ1v) is 6.56. The van der Waals surface area contributed by atoms with E-state index in [4.69, 9.17) is 9.47 Å². The molecule has 0 bridgehead atoms. The Bertz CT molecular complexity index is 219. The van der Waals surface area contributed by atoms with E-state index in [0.29, 0.717) is 19.2 Å². The number of aliphatic hydroxyl groups is 1. The Morgan fingerprint density at radius 1 is 1.47 bits per heavy atom. The van der Waals surface area contributed by atoms with Crippen molar-refractivity contribution in [3.05, 3.63) is 0 Å². The lowest BCUT2D eigenvalue weighted by Crippen LogP contribution is -2.46. The smallest absolute Gasteiger partial charge is 0.0897 e. The van der Waals surface area contributed by atoms with Gasteiger partial charge >= 0.3 is 0 Å². The molecule has 1 rings (SSSR count). The van der Waals surface area contributed by atoms with Gasteiger partial charge in [-0.25, -0.2) is 0 Å². The van der Waals surface area contributed by atoms with Gasteiger partial charge in [0.15, 0.2) is 0 Å². The van der Waals surface area contributed by atoms with E-state index < -0.39 is 6.10 Å². The first kappa shape index (κ1) is 14.9. The van der Waals surface area contributed by atoms with E-state index in [1.54, 1.807) is 0 Å². The summed E-state index contributed by atoms with van der Waals surface area (Å²) in [7, 11) is 0. The number of ether oxygens (including phenoxy) is 2. The second-order valence-electron chi connectivity index (χ2n) is 5.74. The number of rotatable bonds is 6. The Hall–Kier alpha value is -0.160. The van der Waals surface area contributed by atoms with Gasteiger partial charge in [-0.1, -0.05) is 0 Å². The van der Waals surface area contributed by atoms with E-state index in [2.05, 4.69) is 19.2 Å². The maximum Gasteiger partial charge on any atom is 0.0897 e. The summed E-state index contributed by atoms with van der Waals surface area (Å²) in [6.45, 7) is 9.95. The first-order valence-electron chi connectivity index (χ1n) is 6.56. The standard InChI is InChI=1S/C13H27NO3/c1-10(2)16-9-12(15)8-14-11-5-6-17-13(3,4)7-11/h10-12,14-15H,5-9H2,1-4H3. The summed E-state index contributed by atoms with van der Waals surface area (Å²) >= 11 is 0. The molecule has 1 saturated heterocycles. The molecule has 0 radical (unpaired) electrons. The van der Waals surface area contributed by atoms with Crippen molar-refractivity contribution in [2.45, 2.75) is 64.4 Å². The van der Waals surface area contributed by atoms with Crippen LogP contribution in [0.3, 0.4) is 0 Å². The molecular formula is C13H27NO3. The summed E-state index contributed by atoms with van der Waals surface area (Å²) in [5.74, 6) is 0. The summed E-state index contributed by atoms with van der Waals surface area (Å²) < 4.78 is 11.0. The average molecular weight is 245 g/mol. The van der Waals surface area contributed by atoms with E-state index in [0.717, 1.165) is 19.4 Å². The maximum absolute atomic E-state index is 9.74. The molecule has 1 heterocycles. The highest BCUT2D eigenvalue weighted by Gasteiger charge is 2.28. The van der Waals surface area contributed by atoms with Gasteiger partial charge < -0.3 is 19.9 Å². The van der Waals surface area contributed by atoms with Crippen LogP contribution in [0.1, 0.15) is 40.5 Å². The van der Waals surface area contributed by atoms with Crippen LogP contribution in [0.2, 0.25) is 0 Å². The lowest BCUT2D eigenvalue weighted by Gasteiger charge is -2.36. The molecule has 0 saturated carbocycles. The Morgan fingerprint density at radius 3 is 2.76 bits per heavy atom. The topological polar surface area (TPSA) is 50.7 Å². The zero-order valence-corrected chi connectivity index (χ0v) is 11.5. The van der Waals surface area contributed by atoms with Crippen molar-refractivity contribution >= 4 is 0 Å². The molecule has 1 aliphatic rings. The predicted octanol–water partition coefficient (Wildman–Crippen LogP) is 1.32. The molecule has 4 heteroatoms. The zero-order valence-electron chi connectivity index (χ0n) is 11.5. The van der Waals surface area contributed by atoms with Gasteiger partial charge in [-0.05, 0) is 40.5 Å². The molecule has 102 valence electrons. The molecule has 17 heavy (non-hydrogen) atoms. The lowest BCUT2D eigenvalue weighted by molar-refractivity contribution is -0.0651. The second-order valence-corrected chi connectivity index (χ2v) is 5.74. The molecule has 2 unspecified atom stereocenters. The quantitative estimate of drug-likeness (QED) is 0.741. The average Bonchev–Trinajstić information content (AvgIpc) is 2.22. The van der Waals surface area contributed by atoms with E-state index in [1.165, 1.54) is 0 Å². The predicted molar refractivity (Wildman–Crippen MR) is 68.2 cm³/mol. The number of hydrogen-bond acceptors (Lipinski definition) is 4. The summed E-state index contributed by atoms with van der Waals surface area (Å²) in [5, 5.41) is 13.1. The fourth-order valence-electron chi connectivity index (χ4n) is 2.07. The van der Waals surface area contributed by atoms with Crippen LogP contribution in [0.15, 0.2) is 0 Å². The highest BCUT2D eigenvalue weighted by molar-refractivity contribution is 4.83. The zero-order chi connectivity index (χ0) is 12.9. The summed E-state index contributed by atoms with van der Waals surface area (Å²) in [4.78, 5) is 0. The normalized spacial score (nSPS) is 26.1. The molecule has 4 nitrogen and oxygen atoms in total. The molecule has 0 amide bonds. The summed E-state index contributed by atoms with van der Waals surface area (Å²) in [6, 6.07) is 0.437. The van der Waals surface area contributed by atoms with Crippen LogP contribution in [-0.4, -0.2) is 48.7 Å². The van der Waals surface area contributed by atoms with Crippen molar-refractivity contribution in [1.82, 2.24) is 5.32 Å². The monoisotopic (exact) mass is 245 g/mol.